The van der Waals surface area contributed by atoms with Gasteiger partial charge in [0, 0.05) is 48.1 Å². The van der Waals surface area contributed by atoms with E-state index >= 15 is 0 Å². The minimum atomic E-state index is -1.01. The molecular weight excluding hydrogens is 636 g/mol. The minimum Gasteiger partial charge on any atom is -0.350 e. The third-order valence-electron chi connectivity index (χ3n) is 8.87. The van der Waals surface area contributed by atoms with Gasteiger partial charge in [0.2, 0.25) is 29.5 Å². The molecule has 3 aromatic rings. The number of nitrogens with one attached hydrogen (secondary N) is 4. The molecule has 1 fully saturated rings. The molecule has 1 aliphatic rings. The number of ketones is 1. The molecule has 0 bridgehead atoms. The SMILES string of the molecule is CCCC(=O)c1cn(CC(=O)N2CC(=O)N[C@H](C)C(=O)N[C@@H](CC(C)C)C(=O)N[C@@H](Cc3ccccc3)C(=O)N[C@@H](CC)C2)c2ccccc12. The summed E-state index contributed by atoms with van der Waals surface area (Å²) in [5, 5.41) is 12.0. The van der Waals surface area contributed by atoms with Crippen LogP contribution in [0.1, 0.15) is 76.2 Å². The summed E-state index contributed by atoms with van der Waals surface area (Å²) in [4.78, 5) is 82.5. The third-order valence-corrected chi connectivity index (χ3v) is 8.87. The van der Waals surface area contributed by atoms with E-state index in [0.29, 0.717) is 36.8 Å². The summed E-state index contributed by atoms with van der Waals surface area (Å²) in [6, 6.07) is 13.2. The zero-order chi connectivity index (χ0) is 36.4. The first-order chi connectivity index (χ1) is 23.9. The number of amides is 5. The molecule has 50 heavy (non-hydrogen) atoms. The quantitative estimate of drug-likeness (QED) is 0.240. The molecule has 0 aliphatic carbocycles. The number of aromatic nitrogens is 1. The van der Waals surface area contributed by atoms with Gasteiger partial charge < -0.3 is 30.7 Å². The van der Waals surface area contributed by atoms with Gasteiger partial charge >= 0.3 is 0 Å². The van der Waals surface area contributed by atoms with Crippen LogP contribution >= 0.6 is 0 Å². The van der Waals surface area contributed by atoms with E-state index in [4.69, 9.17) is 0 Å². The second-order valence-electron chi connectivity index (χ2n) is 13.5. The summed E-state index contributed by atoms with van der Waals surface area (Å²) in [6.45, 7) is 8.63. The van der Waals surface area contributed by atoms with Crippen LogP contribution in [0.15, 0.2) is 60.8 Å². The first-order valence-electron chi connectivity index (χ1n) is 17.5. The monoisotopic (exact) mass is 686 g/mol. The van der Waals surface area contributed by atoms with E-state index < -0.39 is 53.7 Å². The largest absolute Gasteiger partial charge is 0.350 e. The van der Waals surface area contributed by atoms with Crippen LogP contribution in [-0.2, 0) is 36.9 Å². The van der Waals surface area contributed by atoms with Crippen LogP contribution in [0.4, 0.5) is 0 Å². The van der Waals surface area contributed by atoms with Gasteiger partial charge in [-0.2, -0.15) is 0 Å². The van der Waals surface area contributed by atoms with Crippen molar-refractivity contribution in [3.63, 3.8) is 0 Å². The van der Waals surface area contributed by atoms with Gasteiger partial charge in [-0.25, -0.2) is 0 Å². The highest BCUT2D eigenvalue weighted by Gasteiger charge is 2.32. The number of nitrogens with zero attached hydrogens (tertiary/aromatic N) is 2. The van der Waals surface area contributed by atoms with Gasteiger partial charge in [-0.15, -0.1) is 0 Å². The molecule has 1 aliphatic heterocycles. The van der Waals surface area contributed by atoms with E-state index in [1.165, 1.54) is 11.8 Å². The number of carbonyl (C=O) groups excluding carboxylic acids is 6. The van der Waals surface area contributed by atoms with Crippen LogP contribution in [0.3, 0.4) is 0 Å². The Hall–Kier alpha value is -5.00. The Labute approximate surface area is 293 Å². The van der Waals surface area contributed by atoms with Crippen LogP contribution in [-0.4, -0.2) is 82.0 Å². The molecule has 4 N–H and O–H groups in total. The Balaban J connectivity index is 1.67. The lowest BCUT2D eigenvalue weighted by Gasteiger charge is -2.29. The molecule has 2 aromatic carbocycles. The molecule has 12 heteroatoms. The fraction of sp³-hybridized carbons (Fsp3) is 0.474. The lowest BCUT2D eigenvalue weighted by molar-refractivity contribution is -0.138. The van der Waals surface area contributed by atoms with Gasteiger partial charge in [-0.1, -0.05) is 76.2 Å². The summed E-state index contributed by atoms with van der Waals surface area (Å²) in [5.41, 5.74) is 2.08. The van der Waals surface area contributed by atoms with Gasteiger partial charge in [0.15, 0.2) is 5.78 Å². The van der Waals surface area contributed by atoms with Crippen molar-refractivity contribution in [2.45, 2.75) is 97.4 Å². The maximum Gasteiger partial charge on any atom is 0.243 e. The predicted molar refractivity (Wildman–Crippen MR) is 191 cm³/mol. The van der Waals surface area contributed by atoms with E-state index in [9.17, 15) is 28.8 Å². The highest BCUT2D eigenvalue weighted by molar-refractivity contribution is 6.08. The van der Waals surface area contributed by atoms with Crippen molar-refractivity contribution >= 4 is 46.2 Å². The summed E-state index contributed by atoms with van der Waals surface area (Å²) in [5.74, 6) is -2.46. The second-order valence-corrected chi connectivity index (χ2v) is 13.5. The number of hydrogen-bond donors (Lipinski definition) is 4. The van der Waals surface area contributed by atoms with Crippen LogP contribution in [0.25, 0.3) is 10.9 Å². The van der Waals surface area contributed by atoms with Crippen molar-refractivity contribution in [2.24, 2.45) is 5.92 Å². The fourth-order valence-electron chi connectivity index (χ4n) is 6.16. The standard InChI is InChI=1S/C38H50N6O6/c1-6-13-33(45)29-21-43(32-17-12-11-16-28(29)32)23-35(47)44-20-27(7-2)40-37(49)31(19-26-14-9-8-10-15-26)42-38(50)30(18-24(3)4)41-36(48)25(5)39-34(46)22-44/h8-12,14-17,21,24-25,27,30-31H,6-7,13,18-20,22-23H2,1-5H3,(H,39,46)(H,40,49)(H,41,48)(H,42,50)/t25-,27+,30+,31+/m1/s1. The average molecular weight is 687 g/mol. The van der Waals surface area contributed by atoms with Crippen LogP contribution < -0.4 is 21.3 Å². The van der Waals surface area contributed by atoms with Crippen molar-refractivity contribution < 1.29 is 28.8 Å². The average Bonchev–Trinajstić information content (AvgIpc) is 3.44. The van der Waals surface area contributed by atoms with Gasteiger partial charge in [0.1, 0.15) is 24.7 Å². The van der Waals surface area contributed by atoms with Gasteiger partial charge in [-0.05, 0) is 43.7 Å². The van der Waals surface area contributed by atoms with E-state index in [0.717, 1.165) is 10.9 Å². The molecule has 2 heterocycles. The normalized spacial score (nSPS) is 21.1. The smallest absolute Gasteiger partial charge is 0.243 e. The molecule has 12 nitrogen and oxygen atoms in total. The Morgan fingerprint density at radius 3 is 2.18 bits per heavy atom. The summed E-state index contributed by atoms with van der Waals surface area (Å²) < 4.78 is 1.71. The van der Waals surface area contributed by atoms with Crippen LogP contribution in [0.5, 0.6) is 0 Å². The maximum atomic E-state index is 14.0. The Morgan fingerprint density at radius 1 is 0.840 bits per heavy atom. The molecule has 1 saturated heterocycles. The van der Waals surface area contributed by atoms with Crippen molar-refractivity contribution in [1.29, 1.82) is 0 Å². The Morgan fingerprint density at radius 2 is 1.50 bits per heavy atom. The molecule has 1 aromatic heterocycles. The van der Waals surface area contributed by atoms with E-state index in [1.807, 2.05) is 82.3 Å². The lowest BCUT2D eigenvalue weighted by Crippen LogP contribution is -2.57. The second kappa shape index (κ2) is 17.6. The van der Waals surface area contributed by atoms with Crippen LogP contribution in [0, 0.1) is 5.92 Å². The zero-order valence-electron chi connectivity index (χ0n) is 29.7. The third kappa shape index (κ3) is 10.0. The number of hydrogen-bond acceptors (Lipinski definition) is 6. The number of fused-ring (bicyclic) bond motifs is 1. The Bertz CT molecular complexity index is 1690. The van der Waals surface area contributed by atoms with Crippen molar-refractivity contribution in [2.75, 3.05) is 13.1 Å². The molecule has 268 valence electrons. The summed E-state index contributed by atoms with van der Waals surface area (Å²) >= 11 is 0. The molecule has 0 spiro atoms. The first kappa shape index (κ1) is 37.8. The fourth-order valence-corrected chi connectivity index (χ4v) is 6.16. The molecule has 4 atom stereocenters. The zero-order valence-corrected chi connectivity index (χ0v) is 29.7. The van der Waals surface area contributed by atoms with Crippen molar-refractivity contribution in [1.82, 2.24) is 30.7 Å². The summed E-state index contributed by atoms with van der Waals surface area (Å²) in [6.07, 6.45) is 3.70. The predicted octanol–water partition coefficient (Wildman–Crippen LogP) is 3.12. The number of para-hydroxylation sites is 1. The number of benzene rings is 2. The molecule has 0 saturated carbocycles. The Kier molecular flexibility index (Phi) is 13.3. The van der Waals surface area contributed by atoms with Gasteiger partial charge in [0.25, 0.3) is 0 Å². The van der Waals surface area contributed by atoms with E-state index in [-0.39, 0.29) is 37.8 Å². The lowest BCUT2D eigenvalue weighted by atomic mass is 10.0. The van der Waals surface area contributed by atoms with E-state index in [2.05, 4.69) is 21.3 Å². The van der Waals surface area contributed by atoms with Crippen LogP contribution in [0.2, 0.25) is 0 Å². The molecule has 0 unspecified atom stereocenters. The van der Waals surface area contributed by atoms with Crippen molar-refractivity contribution in [3.8, 4) is 0 Å². The van der Waals surface area contributed by atoms with Gasteiger partial charge in [0.05, 0.1) is 6.54 Å². The summed E-state index contributed by atoms with van der Waals surface area (Å²) in [7, 11) is 0. The minimum absolute atomic E-state index is 0.00211. The first-order valence-corrected chi connectivity index (χ1v) is 17.5. The van der Waals surface area contributed by atoms with Crippen molar-refractivity contribution in [3.05, 3.63) is 71.9 Å². The van der Waals surface area contributed by atoms with E-state index in [1.54, 1.807) is 10.8 Å². The maximum absolute atomic E-state index is 14.0. The highest BCUT2D eigenvalue weighted by atomic mass is 16.2. The number of rotatable bonds is 10. The topological polar surface area (TPSA) is 159 Å². The van der Waals surface area contributed by atoms with Gasteiger partial charge in [-0.3, -0.25) is 28.8 Å². The molecule has 4 rings (SSSR count). The highest BCUT2D eigenvalue weighted by Crippen LogP contribution is 2.23. The number of Topliss-reactive ketones (excluding diaryl/α,β-unsaturated/α-hetero) is 1. The molecule has 5 amide bonds. The number of carbonyl (C=O) groups is 6. The molecule has 0 radical (unpaired) electrons. The molecular formula is C38H50N6O6.